The second kappa shape index (κ2) is 7.32. The van der Waals surface area contributed by atoms with E-state index in [1.807, 2.05) is 24.0 Å². The average molecular weight is 261 g/mol. The Morgan fingerprint density at radius 2 is 1.95 bits per heavy atom. The summed E-state index contributed by atoms with van der Waals surface area (Å²) in [7, 11) is 0. The molecule has 2 heteroatoms. The number of amides is 1. The first-order valence-electron chi connectivity index (χ1n) is 7.40. The molecule has 1 aromatic rings. The van der Waals surface area contributed by atoms with Crippen LogP contribution in [0.4, 0.5) is 5.69 Å². The van der Waals surface area contributed by atoms with Gasteiger partial charge in [0.1, 0.15) is 0 Å². The lowest BCUT2D eigenvalue weighted by atomic mass is 10.0. The van der Waals surface area contributed by atoms with Crippen molar-refractivity contribution in [3.05, 3.63) is 29.8 Å². The summed E-state index contributed by atoms with van der Waals surface area (Å²) in [6, 6.07) is 8.50. The molecule has 0 aliphatic heterocycles. The third-order valence-electron chi connectivity index (χ3n) is 3.70. The first kappa shape index (κ1) is 15.7. The summed E-state index contributed by atoms with van der Waals surface area (Å²) in [6.45, 7) is 10.5. The van der Waals surface area contributed by atoms with Gasteiger partial charge >= 0.3 is 0 Å². The summed E-state index contributed by atoms with van der Waals surface area (Å²) in [5.41, 5.74) is 2.23. The fourth-order valence-electron chi connectivity index (χ4n) is 2.34. The second-order valence-electron chi connectivity index (χ2n) is 5.49. The second-order valence-corrected chi connectivity index (χ2v) is 5.49. The molecule has 0 bridgehead atoms. The molecule has 1 amide bonds. The smallest absolute Gasteiger partial charge is 0.230 e. The highest BCUT2D eigenvalue weighted by Gasteiger charge is 2.24. The van der Waals surface area contributed by atoms with Crippen LogP contribution in [0.2, 0.25) is 0 Å². The minimum atomic E-state index is 0.0832. The lowest BCUT2D eigenvalue weighted by Crippen LogP contribution is -2.41. The normalized spacial score (nSPS) is 13.9. The van der Waals surface area contributed by atoms with Crippen LogP contribution < -0.4 is 4.90 Å². The van der Waals surface area contributed by atoms with Crippen molar-refractivity contribution in [1.29, 1.82) is 0 Å². The Hall–Kier alpha value is -1.31. The first-order valence-corrected chi connectivity index (χ1v) is 7.40. The molecule has 0 heterocycles. The Kier molecular flexibility index (Phi) is 6.07. The molecular weight excluding hydrogens is 234 g/mol. The molecule has 19 heavy (non-hydrogen) atoms. The molecule has 2 atom stereocenters. The number of carbonyl (C=O) groups excluding carboxylic acids is 1. The number of benzene rings is 1. The highest BCUT2D eigenvalue weighted by atomic mass is 16.2. The molecule has 0 aliphatic rings. The van der Waals surface area contributed by atoms with Crippen molar-refractivity contribution in [1.82, 2.24) is 0 Å². The van der Waals surface area contributed by atoms with Gasteiger partial charge in [-0.2, -0.15) is 0 Å². The SMILES string of the molecule is CCCC(C)N(C(=O)C(C)CC)c1cccc(C)c1. The predicted molar refractivity (Wildman–Crippen MR) is 82.5 cm³/mol. The number of nitrogens with zero attached hydrogens (tertiary/aromatic N) is 1. The topological polar surface area (TPSA) is 20.3 Å². The van der Waals surface area contributed by atoms with Gasteiger partial charge in [-0.3, -0.25) is 4.79 Å². The summed E-state index contributed by atoms with van der Waals surface area (Å²) >= 11 is 0. The maximum Gasteiger partial charge on any atom is 0.230 e. The van der Waals surface area contributed by atoms with Gasteiger partial charge in [-0.05, 0) is 44.4 Å². The number of aryl methyl sites for hydroxylation is 1. The van der Waals surface area contributed by atoms with E-state index in [4.69, 9.17) is 0 Å². The van der Waals surface area contributed by atoms with Crippen molar-refractivity contribution in [3.8, 4) is 0 Å². The summed E-state index contributed by atoms with van der Waals surface area (Å²) in [4.78, 5) is 14.6. The van der Waals surface area contributed by atoms with E-state index in [9.17, 15) is 4.79 Å². The van der Waals surface area contributed by atoms with Crippen molar-refractivity contribution in [2.24, 2.45) is 5.92 Å². The van der Waals surface area contributed by atoms with Crippen LogP contribution in [0.3, 0.4) is 0 Å². The van der Waals surface area contributed by atoms with Gasteiger partial charge < -0.3 is 4.90 Å². The number of rotatable bonds is 6. The largest absolute Gasteiger partial charge is 0.309 e. The van der Waals surface area contributed by atoms with E-state index in [0.29, 0.717) is 0 Å². The van der Waals surface area contributed by atoms with Gasteiger partial charge in [0.2, 0.25) is 5.91 Å². The Labute approximate surface area is 117 Å². The Morgan fingerprint density at radius 3 is 2.47 bits per heavy atom. The van der Waals surface area contributed by atoms with Crippen LogP contribution in [0.25, 0.3) is 0 Å². The van der Waals surface area contributed by atoms with E-state index < -0.39 is 0 Å². The predicted octanol–water partition coefficient (Wildman–Crippen LogP) is 4.56. The van der Waals surface area contributed by atoms with Crippen LogP contribution in [0.15, 0.2) is 24.3 Å². The molecule has 0 fully saturated rings. The number of hydrogen-bond acceptors (Lipinski definition) is 1. The maximum atomic E-state index is 12.6. The zero-order chi connectivity index (χ0) is 14.4. The standard InChI is InChI=1S/C17H27NO/c1-6-9-15(5)18(17(19)14(4)7-2)16-11-8-10-13(3)12-16/h8,10-12,14-15H,6-7,9H2,1-5H3. The van der Waals surface area contributed by atoms with E-state index >= 15 is 0 Å². The van der Waals surface area contributed by atoms with Crippen LogP contribution in [0.1, 0.15) is 52.5 Å². The van der Waals surface area contributed by atoms with E-state index in [2.05, 4.69) is 39.8 Å². The molecule has 0 radical (unpaired) electrons. The fourth-order valence-corrected chi connectivity index (χ4v) is 2.34. The number of carbonyl (C=O) groups is 1. The van der Waals surface area contributed by atoms with Crippen molar-refractivity contribution in [2.75, 3.05) is 4.90 Å². The van der Waals surface area contributed by atoms with Gasteiger partial charge in [0.15, 0.2) is 0 Å². The van der Waals surface area contributed by atoms with E-state index in [1.165, 1.54) is 5.56 Å². The van der Waals surface area contributed by atoms with Crippen LogP contribution in [-0.2, 0) is 4.79 Å². The highest BCUT2D eigenvalue weighted by Crippen LogP contribution is 2.23. The first-order chi connectivity index (χ1) is 9.01. The molecule has 0 saturated carbocycles. The summed E-state index contributed by atoms with van der Waals surface area (Å²) in [5, 5.41) is 0. The quantitative estimate of drug-likeness (QED) is 0.735. The zero-order valence-corrected chi connectivity index (χ0v) is 12.9. The number of hydrogen-bond donors (Lipinski definition) is 0. The Bertz CT molecular complexity index is 413. The van der Waals surface area contributed by atoms with Crippen LogP contribution in [-0.4, -0.2) is 11.9 Å². The molecule has 0 spiro atoms. The molecule has 2 unspecified atom stereocenters. The van der Waals surface area contributed by atoms with Crippen molar-refractivity contribution in [3.63, 3.8) is 0 Å². The molecule has 106 valence electrons. The molecule has 0 saturated heterocycles. The van der Waals surface area contributed by atoms with Crippen LogP contribution in [0, 0.1) is 12.8 Å². The summed E-state index contributed by atoms with van der Waals surface area (Å²) in [6.07, 6.45) is 3.02. The van der Waals surface area contributed by atoms with E-state index in [-0.39, 0.29) is 17.9 Å². The minimum absolute atomic E-state index is 0.0832. The third kappa shape index (κ3) is 4.09. The van der Waals surface area contributed by atoms with Gasteiger partial charge in [0.05, 0.1) is 0 Å². The van der Waals surface area contributed by atoms with Gasteiger partial charge in [0.25, 0.3) is 0 Å². The molecule has 1 aromatic carbocycles. The van der Waals surface area contributed by atoms with Crippen molar-refractivity contribution < 1.29 is 4.79 Å². The molecular formula is C17H27NO. The monoisotopic (exact) mass is 261 g/mol. The Balaban J connectivity index is 3.08. The lowest BCUT2D eigenvalue weighted by Gasteiger charge is -2.31. The number of anilines is 1. The van der Waals surface area contributed by atoms with E-state index in [0.717, 1.165) is 24.9 Å². The average Bonchev–Trinajstić information content (AvgIpc) is 2.38. The maximum absolute atomic E-state index is 12.6. The fraction of sp³-hybridized carbons (Fsp3) is 0.588. The molecule has 0 aliphatic carbocycles. The minimum Gasteiger partial charge on any atom is -0.309 e. The molecule has 0 N–H and O–H groups in total. The molecule has 1 rings (SSSR count). The third-order valence-corrected chi connectivity index (χ3v) is 3.70. The van der Waals surface area contributed by atoms with Crippen molar-refractivity contribution in [2.45, 2.75) is 59.9 Å². The van der Waals surface area contributed by atoms with Gasteiger partial charge in [-0.1, -0.05) is 39.3 Å². The zero-order valence-electron chi connectivity index (χ0n) is 12.9. The van der Waals surface area contributed by atoms with Crippen molar-refractivity contribution >= 4 is 11.6 Å². The highest BCUT2D eigenvalue weighted by molar-refractivity contribution is 5.95. The van der Waals surface area contributed by atoms with Gasteiger partial charge in [-0.15, -0.1) is 0 Å². The summed E-state index contributed by atoms with van der Waals surface area (Å²) < 4.78 is 0. The molecule has 2 nitrogen and oxygen atoms in total. The van der Waals surface area contributed by atoms with Crippen LogP contribution >= 0.6 is 0 Å². The van der Waals surface area contributed by atoms with Gasteiger partial charge in [-0.25, -0.2) is 0 Å². The van der Waals surface area contributed by atoms with E-state index in [1.54, 1.807) is 0 Å². The van der Waals surface area contributed by atoms with Crippen LogP contribution in [0.5, 0.6) is 0 Å². The summed E-state index contributed by atoms with van der Waals surface area (Å²) in [5.74, 6) is 0.328. The Morgan fingerprint density at radius 1 is 1.26 bits per heavy atom. The van der Waals surface area contributed by atoms with Gasteiger partial charge in [0, 0.05) is 17.6 Å². The lowest BCUT2D eigenvalue weighted by molar-refractivity contribution is -0.122. The molecule has 0 aromatic heterocycles.